The van der Waals surface area contributed by atoms with Crippen LogP contribution in [-0.4, -0.2) is 6.16 Å². The van der Waals surface area contributed by atoms with E-state index in [4.69, 9.17) is 0 Å². The molecule has 4 heteroatoms. The maximum atomic E-state index is 2.29. The van der Waals surface area contributed by atoms with Crippen LogP contribution in [0.2, 0.25) is 0 Å². The maximum absolute atomic E-state index is 2.29. The van der Waals surface area contributed by atoms with Crippen molar-refractivity contribution >= 4 is 27.7 Å². The summed E-state index contributed by atoms with van der Waals surface area (Å²) in [6.45, 7) is 13.1. The van der Waals surface area contributed by atoms with Crippen LogP contribution >= 0.6 is 0 Å². The Morgan fingerprint density at radius 2 is 1.08 bits per heavy atom. The van der Waals surface area contributed by atoms with Gasteiger partial charge in [0.1, 0.15) is 0 Å². The summed E-state index contributed by atoms with van der Waals surface area (Å²) < 4.78 is 0. The first kappa shape index (κ1) is 33.6. The van der Waals surface area contributed by atoms with Gasteiger partial charge in [0.2, 0.25) is 0 Å². The van der Waals surface area contributed by atoms with Crippen molar-refractivity contribution in [3.8, 4) is 0 Å². The van der Waals surface area contributed by atoms with Crippen molar-refractivity contribution in [1.29, 1.82) is 0 Å². The van der Waals surface area contributed by atoms with Gasteiger partial charge >= 0.3 is 71.4 Å². The van der Waals surface area contributed by atoms with Gasteiger partial charge in [-0.15, -0.1) is 68.1 Å². The molecule has 194 valence electrons. The Morgan fingerprint density at radius 1 is 0.649 bits per heavy atom. The van der Waals surface area contributed by atoms with Crippen LogP contribution in [0.25, 0.3) is 21.5 Å². The molecule has 37 heavy (non-hydrogen) atoms. The van der Waals surface area contributed by atoms with Crippen molar-refractivity contribution in [2.24, 2.45) is 0 Å². The van der Waals surface area contributed by atoms with Crippen LogP contribution in [0, 0.1) is 27.7 Å². The average Bonchev–Trinajstić information content (AvgIpc) is 3.45. The van der Waals surface area contributed by atoms with E-state index in [0.29, 0.717) is 6.16 Å². The number of rotatable bonds is 4. The van der Waals surface area contributed by atoms with Crippen molar-refractivity contribution in [1.82, 2.24) is 0 Å². The van der Waals surface area contributed by atoms with Crippen molar-refractivity contribution < 1.29 is 48.1 Å². The van der Waals surface area contributed by atoms with Gasteiger partial charge in [0, 0.05) is 0 Å². The summed E-state index contributed by atoms with van der Waals surface area (Å²) in [5.41, 5.74) is 9.96. The molecule has 0 heterocycles. The Kier molecular flexibility index (Phi) is 15.0. The summed E-state index contributed by atoms with van der Waals surface area (Å²) in [6.07, 6.45) is 2.97. The molecule has 0 radical (unpaired) electrons. The van der Waals surface area contributed by atoms with Gasteiger partial charge < -0.3 is 24.8 Å². The zero-order valence-electron chi connectivity index (χ0n) is 23.0. The van der Waals surface area contributed by atoms with Gasteiger partial charge in [-0.3, -0.25) is 0 Å². The normalized spacial score (nSPS) is 9.95. The van der Waals surface area contributed by atoms with Crippen LogP contribution in [0.4, 0.5) is 0 Å². The second-order valence-corrected chi connectivity index (χ2v) is 13.2. The van der Waals surface area contributed by atoms with Crippen LogP contribution in [-0.2, 0) is 42.2 Å². The number of aryl methyl sites for hydroxylation is 6. The monoisotopic (exact) mass is 622 g/mol. The van der Waals surface area contributed by atoms with E-state index >= 15 is 0 Å². The number of fused-ring (bicyclic) bond motifs is 2. The number of hydrogen-bond acceptors (Lipinski definition) is 0. The third-order valence-electron chi connectivity index (χ3n) is 6.62. The Morgan fingerprint density at radius 3 is 1.46 bits per heavy atom. The third kappa shape index (κ3) is 9.07. The van der Waals surface area contributed by atoms with Gasteiger partial charge in [0.05, 0.1) is 0 Å². The molecule has 5 aromatic carbocycles. The number of halogens is 2. The van der Waals surface area contributed by atoms with Gasteiger partial charge in [-0.25, -0.2) is 0 Å². The Hall–Kier alpha value is -1.44. The van der Waals surface area contributed by atoms with Crippen LogP contribution in [0.3, 0.4) is 0 Å². The molecule has 5 aromatic rings. The molecule has 0 fully saturated rings. The van der Waals surface area contributed by atoms with E-state index in [0.717, 1.165) is 12.8 Å². The Bertz CT molecular complexity index is 1310. The van der Waals surface area contributed by atoms with Gasteiger partial charge in [0.15, 0.2) is 0 Å². The summed E-state index contributed by atoms with van der Waals surface area (Å²) >= 11 is 1.72. The average molecular weight is 625 g/mol. The van der Waals surface area contributed by atoms with E-state index in [1.807, 2.05) is 0 Å². The zero-order valence-corrected chi connectivity index (χ0v) is 28.1. The van der Waals surface area contributed by atoms with E-state index in [9.17, 15) is 0 Å². The van der Waals surface area contributed by atoms with E-state index in [-0.39, 0.29) is 24.8 Å². The molecule has 5 rings (SSSR count). The number of benzene rings is 3. The van der Waals surface area contributed by atoms with Crippen LogP contribution < -0.4 is 24.8 Å². The van der Waals surface area contributed by atoms with Crippen molar-refractivity contribution in [3.63, 3.8) is 0 Å². The molecule has 0 aromatic heterocycles. The SMILES string of the molecule is CCc1ccc(C)c2[cH-]c(C)cc12.CCc1ccc(C)c2[cH-]c(C)cc12.[Cl-].[Cl-].[Zr+2]=[SiH]Cc1ccccc1. The molecule has 0 saturated heterocycles. The fraction of sp³-hybridized carbons (Fsp3) is 0.273. The predicted molar refractivity (Wildman–Crippen MR) is 154 cm³/mol. The summed E-state index contributed by atoms with van der Waals surface area (Å²) in [4.78, 5) is 0. The molecule has 0 saturated carbocycles. The minimum atomic E-state index is 0. The fourth-order valence-electron chi connectivity index (χ4n) is 4.65. The van der Waals surface area contributed by atoms with Gasteiger partial charge in [-0.05, 0) is 12.8 Å². The molecule has 0 bridgehead atoms. The molecule has 0 unspecified atom stereocenters. The fourth-order valence-corrected chi connectivity index (χ4v) is 6.89. The van der Waals surface area contributed by atoms with E-state index in [2.05, 4.69) is 120 Å². The third-order valence-corrected chi connectivity index (χ3v) is 8.80. The summed E-state index contributed by atoms with van der Waals surface area (Å²) in [5.74, 6) is 0. The Balaban J connectivity index is 0.000000275. The van der Waals surface area contributed by atoms with Crippen molar-refractivity contribution in [2.75, 3.05) is 0 Å². The number of hydrogen-bond donors (Lipinski definition) is 0. The van der Waals surface area contributed by atoms with Crippen molar-refractivity contribution in [3.05, 3.63) is 118 Å². The van der Waals surface area contributed by atoms with E-state index in [1.54, 1.807) is 23.3 Å². The van der Waals surface area contributed by atoms with Gasteiger partial charge in [-0.1, -0.05) is 64.8 Å². The molecule has 0 spiro atoms. The van der Waals surface area contributed by atoms with Crippen molar-refractivity contribution in [2.45, 2.75) is 60.4 Å². The molecule has 0 aliphatic heterocycles. The van der Waals surface area contributed by atoms with E-state index in [1.165, 1.54) is 66.5 Å². The second kappa shape index (κ2) is 16.5. The molecule has 0 amide bonds. The Labute approximate surface area is 252 Å². The molecule has 0 aliphatic rings. The first-order valence-electron chi connectivity index (χ1n) is 12.7. The molecule has 0 aliphatic carbocycles. The van der Waals surface area contributed by atoms with Gasteiger partial charge in [-0.2, -0.15) is 12.1 Å². The molecule has 0 nitrogen and oxygen atoms in total. The molecule has 0 N–H and O–H groups in total. The van der Waals surface area contributed by atoms with Crippen LogP contribution in [0.1, 0.15) is 52.8 Å². The standard InChI is InChI=1S/2C13H15.C7H8Si.2ClH.Zr/c2*1-4-11-6-5-10(3)12-7-9(2)8-13(11)12;8-6-7-4-2-1-3-5-7;;;/h2*5-8H,4H2,1-3H3;1-5,8H,6H2;2*1H;/q2*-1;;;;+2/p-2. The first-order chi connectivity index (χ1) is 16.9. The first-order valence-corrected chi connectivity index (χ1v) is 18.4. The van der Waals surface area contributed by atoms with Crippen LogP contribution in [0.5, 0.6) is 0 Å². The van der Waals surface area contributed by atoms with E-state index < -0.39 is 0 Å². The zero-order chi connectivity index (χ0) is 25.4. The molecular formula is C33H38Cl2SiZr-2. The molecule has 0 atom stereocenters. The van der Waals surface area contributed by atoms with Gasteiger partial charge in [0.25, 0.3) is 0 Å². The summed E-state index contributed by atoms with van der Waals surface area (Å²) in [5, 5.41) is 5.74. The molecular weight excluding hydrogens is 587 g/mol. The second-order valence-electron chi connectivity index (χ2n) is 9.40. The minimum absolute atomic E-state index is 0. The summed E-state index contributed by atoms with van der Waals surface area (Å²) in [7, 11) is 0. The summed E-state index contributed by atoms with van der Waals surface area (Å²) in [6, 6.07) is 30.1. The topological polar surface area (TPSA) is 0 Å². The quantitative estimate of drug-likeness (QED) is 0.213. The predicted octanol–water partition coefficient (Wildman–Crippen LogP) is 2.57. The van der Waals surface area contributed by atoms with Crippen LogP contribution in [0.15, 0.2) is 78.9 Å².